The minimum Gasteiger partial charge on any atom is -0.353 e. The Morgan fingerprint density at radius 1 is 1.41 bits per heavy atom. The molecule has 1 heterocycles. The average Bonchev–Trinajstić information content (AvgIpc) is 3.26. The zero-order valence-corrected chi connectivity index (χ0v) is 14.2. The Kier molecular flexibility index (Phi) is 5.14. The minimum atomic E-state index is -0.214. The van der Waals surface area contributed by atoms with Gasteiger partial charge in [0.15, 0.2) is 5.96 Å². The second-order valence-corrected chi connectivity index (χ2v) is 7.42. The molecule has 2 N–H and O–H groups in total. The number of thioether (sulfide) groups is 1. The molecule has 1 saturated carbocycles. The Balaban J connectivity index is 1.57. The molecule has 3 atom stereocenters. The summed E-state index contributed by atoms with van der Waals surface area (Å²) in [6.45, 7) is 0. The zero-order valence-electron chi connectivity index (χ0n) is 12.6. The molecule has 120 valence electrons. The van der Waals surface area contributed by atoms with Gasteiger partial charge in [-0.3, -0.25) is 4.99 Å². The van der Waals surface area contributed by atoms with E-state index in [1.165, 1.54) is 24.7 Å². The maximum atomic E-state index is 13.9. The van der Waals surface area contributed by atoms with Crippen molar-refractivity contribution in [2.45, 2.75) is 37.3 Å². The first kappa shape index (κ1) is 15.9. The third kappa shape index (κ3) is 3.69. The summed E-state index contributed by atoms with van der Waals surface area (Å²) in [6, 6.07) is 5.55. The molecule has 1 saturated heterocycles. The molecule has 0 amide bonds. The maximum Gasteiger partial charge on any atom is 0.191 e. The molecule has 2 fully saturated rings. The molecule has 6 heteroatoms. The summed E-state index contributed by atoms with van der Waals surface area (Å²) in [6.07, 6.45) is 3.32. The van der Waals surface area contributed by atoms with Gasteiger partial charge in [-0.1, -0.05) is 17.7 Å². The molecule has 3 rings (SSSR count). The van der Waals surface area contributed by atoms with Gasteiger partial charge < -0.3 is 10.6 Å². The number of nitrogens with one attached hydrogen (secondary N) is 2. The lowest BCUT2D eigenvalue weighted by Crippen LogP contribution is -2.46. The second-order valence-electron chi connectivity index (χ2n) is 5.86. The van der Waals surface area contributed by atoms with Crippen molar-refractivity contribution in [3.8, 4) is 0 Å². The largest absolute Gasteiger partial charge is 0.353 e. The lowest BCUT2D eigenvalue weighted by atomic mass is 10.1. The monoisotopic (exact) mass is 341 g/mol. The van der Waals surface area contributed by atoms with Crippen molar-refractivity contribution in [3.05, 3.63) is 34.6 Å². The number of aliphatic imine (C=N–C) groups is 1. The number of halogens is 2. The van der Waals surface area contributed by atoms with E-state index in [1.807, 2.05) is 11.8 Å². The molecule has 3 nitrogen and oxygen atoms in total. The molecule has 0 bridgehead atoms. The predicted molar refractivity (Wildman–Crippen MR) is 92.5 cm³/mol. The van der Waals surface area contributed by atoms with Crippen LogP contribution in [0.25, 0.3) is 0 Å². The standard InChI is InChI=1S/C16H21ClFN3S/c1-19-16(20-10-4-3-7-22-9-10)21-14-8-11(14)15-12(17)5-2-6-13(15)18/h2,5-6,10-11,14H,3-4,7-9H2,1H3,(H2,19,20,21). The first-order valence-electron chi connectivity index (χ1n) is 7.70. The van der Waals surface area contributed by atoms with Gasteiger partial charge >= 0.3 is 0 Å². The molecule has 2 aliphatic rings. The molecule has 1 aliphatic heterocycles. The predicted octanol–water partition coefficient (Wildman–Crippen LogP) is 3.40. The average molecular weight is 342 g/mol. The van der Waals surface area contributed by atoms with Crippen LogP contribution >= 0.6 is 23.4 Å². The van der Waals surface area contributed by atoms with Crippen LogP contribution in [0.5, 0.6) is 0 Å². The van der Waals surface area contributed by atoms with Crippen LogP contribution in [0, 0.1) is 5.82 Å². The van der Waals surface area contributed by atoms with Crippen LogP contribution in [-0.4, -0.2) is 36.6 Å². The summed E-state index contributed by atoms with van der Waals surface area (Å²) in [5.74, 6) is 3.10. The summed E-state index contributed by atoms with van der Waals surface area (Å²) in [4.78, 5) is 4.29. The van der Waals surface area contributed by atoms with E-state index in [-0.39, 0.29) is 17.8 Å². The Morgan fingerprint density at radius 3 is 2.95 bits per heavy atom. The topological polar surface area (TPSA) is 36.4 Å². The fourth-order valence-corrected chi connectivity index (χ4v) is 4.31. The molecule has 3 unspecified atom stereocenters. The van der Waals surface area contributed by atoms with Crippen LogP contribution in [-0.2, 0) is 0 Å². The summed E-state index contributed by atoms with van der Waals surface area (Å²) in [5, 5.41) is 7.38. The quantitative estimate of drug-likeness (QED) is 0.653. The summed E-state index contributed by atoms with van der Waals surface area (Å²) in [7, 11) is 1.78. The van der Waals surface area contributed by atoms with Crippen LogP contribution in [0.4, 0.5) is 4.39 Å². The van der Waals surface area contributed by atoms with Crippen molar-refractivity contribution in [2.24, 2.45) is 4.99 Å². The van der Waals surface area contributed by atoms with E-state index in [0.717, 1.165) is 18.1 Å². The lowest BCUT2D eigenvalue weighted by molar-refractivity contribution is 0.579. The normalized spacial score (nSPS) is 28.3. The third-order valence-electron chi connectivity index (χ3n) is 4.21. The molecule has 0 radical (unpaired) electrons. The summed E-state index contributed by atoms with van der Waals surface area (Å²) < 4.78 is 13.9. The van der Waals surface area contributed by atoms with Crippen molar-refractivity contribution >= 4 is 29.3 Å². The van der Waals surface area contributed by atoms with Crippen LogP contribution < -0.4 is 10.6 Å². The van der Waals surface area contributed by atoms with Crippen LogP contribution in [0.1, 0.15) is 30.7 Å². The number of rotatable bonds is 3. The number of benzene rings is 1. The highest BCUT2D eigenvalue weighted by molar-refractivity contribution is 7.99. The van der Waals surface area contributed by atoms with Gasteiger partial charge in [-0.2, -0.15) is 11.8 Å². The number of hydrogen-bond acceptors (Lipinski definition) is 2. The molecular formula is C16H21ClFN3S. The molecule has 22 heavy (non-hydrogen) atoms. The fourth-order valence-electron chi connectivity index (χ4n) is 2.93. The maximum absolute atomic E-state index is 13.9. The highest BCUT2D eigenvalue weighted by Gasteiger charge is 2.42. The van der Waals surface area contributed by atoms with Crippen molar-refractivity contribution in [2.75, 3.05) is 18.6 Å². The second kappa shape index (κ2) is 7.09. The van der Waals surface area contributed by atoms with Gasteiger partial charge in [-0.05, 0) is 37.1 Å². The minimum absolute atomic E-state index is 0.132. The van der Waals surface area contributed by atoms with Gasteiger partial charge in [0.2, 0.25) is 0 Å². The SMILES string of the molecule is CN=C(NC1CCCSC1)NC1CC1c1c(F)cccc1Cl. The first-order valence-corrected chi connectivity index (χ1v) is 9.24. The Morgan fingerprint density at radius 2 is 2.27 bits per heavy atom. The molecule has 1 aromatic carbocycles. The van der Waals surface area contributed by atoms with Crippen molar-refractivity contribution < 1.29 is 4.39 Å². The zero-order chi connectivity index (χ0) is 15.5. The van der Waals surface area contributed by atoms with E-state index in [9.17, 15) is 4.39 Å². The molecule has 1 aromatic rings. The van der Waals surface area contributed by atoms with Gasteiger partial charge in [0.1, 0.15) is 5.82 Å². The van der Waals surface area contributed by atoms with E-state index in [1.54, 1.807) is 19.2 Å². The lowest BCUT2D eigenvalue weighted by Gasteiger charge is -2.24. The van der Waals surface area contributed by atoms with Crippen LogP contribution in [0.2, 0.25) is 5.02 Å². The molecule has 1 aliphatic carbocycles. The van der Waals surface area contributed by atoms with E-state index >= 15 is 0 Å². The van der Waals surface area contributed by atoms with Crippen LogP contribution in [0.3, 0.4) is 0 Å². The van der Waals surface area contributed by atoms with Gasteiger partial charge in [0, 0.05) is 41.4 Å². The number of hydrogen-bond donors (Lipinski definition) is 2. The highest BCUT2D eigenvalue weighted by Crippen LogP contribution is 2.44. The Labute approximate surface area is 140 Å². The Hall–Kier alpha value is -0.940. The summed E-state index contributed by atoms with van der Waals surface area (Å²) >= 11 is 8.12. The van der Waals surface area contributed by atoms with E-state index in [2.05, 4.69) is 15.6 Å². The summed E-state index contributed by atoms with van der Waals surface area (Å²) in [5.41, 5.74) is 0.630. The fraction of sp³-hybridized carbons (Fsp3) is 0.562. The van der Waals surface area contributed by atoms with Crippen molar-refractivity contribution in [1.82, 2.24) is 10.6 Å². The van der Waals surface area contributed by atoms with E-state index < -0.39 is 0 Å². The highest BCUT2D eigenvalue weighted by atomic mass is 35.5. The van der Waals surface area contributed by atoms with E-state index in [0.29, 0.717) is 16.6 Å². The number of nitrogens with zero attached hydrogens (tertiary/aromatic N) is 1. The number of guanidine groups is 1. The first-order chi connectivity index (χ1) is 10.7. The van der Waals surface area contributed by atoms with Gasteiger partial charge in [0.25, 0.3) is 0 Å². The smallest absolute Gasteiger partial charge is 0.191 e. The third-order valence-corrected chi connectivity index (χ3v) is 5.75. The molecule has 0 aromatic heterocycles. The van der Waals surface area contributed by atoms with Gasteiger partial charge in [-0.25, -0.2) is 4.39 Å². The van der Waals surface area contributed by atoms with Gasteiger partial charge in [0.05, 0.1) is 0 Å². The van der Waals surface area contributed by atoms with Gasteiger partial charge in [-0.15, -0.1) is 0 Å². The van der Waals surface area contributed by atoms with Crippen molar-refractivity contribution in [1.29, 1.82) is 0 Å². The molecular weight excluding hydrogens is 321 g/mol. The van der Waals surface area contributed by atoms with E-state index in [4.69, 9.17) is 11.6 Å². The molecule has 0 spiro atoms. The van der Waals surface area contributed by atoms with Crippen molar-refractivity contribution in [3.63, 3.8) is 0 Å². The Bertz CT molecular complexity index is 540. The van der Waals surface area contributed by atoms with Crippen LogP contribution in [0.15, 0.2) is 23.2 Å².